The largest absolute Gasteiger partial charge is 0.394 e. The summed E-state index contributed by atoms with van der Waals surface area (Å²) in [7, 11) is 0. The van der Waals surface area contributed by atoms with E-state index in [1.165, 1.54) is 74.2 Å². The van der Waals surface area contributed by atoms with E-state index >= 15 is 0 Å². The number of benzene rings is 5. The predicted molar refractivity (Wildman–Crippen MR) is 233 cm³/mol. The van der Waals surface area contributed by atoms with Gasteiger partial charge in [0.15, 0.2) is 0 Å². The normalized spacial score (nSPS) is 10.5. The first-order chi connectivity index (χ1) is 23.0. The van der Waals surface area contributed by atoms with E-state index in [4.69, 9.17) is 6.58 Å². The van der Waals surface area contributed by atoms with Crippen molar-refractivity contribution in [2.75, 3.05) is 0 Å². The molecule has 0 saturated carbocycles. The molecule has 2 heteroatoms. The Hall–Kier alpha value is -2.47. The fourth-order valence-electron chi connectivity index (χ4n) is 4.76. The van der Waals surface area contributed by atoms with Crippen LogP contribution in [0.5, 0.6) is 0 Å². The van der Waals surface area contributed by atoms with Gasteiger partial charge in [0.1, 0.15) is 0 Å². The topological polar surface area (TPSA) is 0 Å². The molecule has 0 atom stereocenters. The zero-order chi connectivity index (χ0) is 35.5. The summed E-state index contributed by atoms with van der Waals surface area (Å²) < 4.78 is 0. The average Bonchev–Trinajstić information content (AvgIpc) is 3.12. The predicted octanol–water partition coefficient (Wildman–Crippen LogP) is 15.4. The van der Waals surface area contributed by atoms with Crippen molar-refractivity contribution in [2.24, 2.45) is 0 Å². The van der Waals surface area contributed by atoms with Crippen molar-refractivity contribution in [3.8, 4) is 0 Å². The van der Waals surface area contributed by atoms with Crippen molar-refractivity contribution in [1.29, 1.82) is 0 Å². The van der Waals surface area contributed by atoms with Crippen molar-refractivity contribution in [3.05, 3.63) is 190 Å². The quantitative estimate of drug-likeness (QED) is 0.123. The third-order valence-corrected chi connectivity index (χ3v) is 8.66. The van der Waals surface area contributed by atoms with Gasteiger partial charge in [0.05, 0.1) is 0 Å². The van der Waals surface area contributed by atoms with Gasteiger partial charge in [-0.2, -0.15) is 12.1 Å². The smallest absolute Gasteiger partial charge is 0 e. The third-order valence-electron chi connectivity index (χ3n) is 8.66. The van der Waals surface area contributed by atoms with Crippen molar-refractivity contribution >= 4 is 22.4 Å². The van der Waals surface area contributed by atoms with Crippen molar-refractivity contribution in [1.82, 2.24) is 0 Å². The Labute approximate surface area is 378 Å². The molecule has 0 unspecified atom stereocenters. The summed E-state index contributed by atoms with van der Waals surface area (Å²) in [4.78, 5) is 0. The van der Waals surface area contributed by atoms with Crippen LogP contribution in [0.25, 0.3) is 22.4 Å². The molecule has 2 radical (unpaired) electrons. The molecule has 0 aromatic heterocycles. The maximum atomic E-state index is 5.06. The van der Waals surface area contributed by atoms with Gasteiger partial charge in [0.25, 0.3) is 0 Å². The second kappa shape index (κ2) is 31.8. The van der Waals surface area contributed by atoms with E-state index in [1.807, 2.05) is 52.0 Å². The minimum absolute atomic E-state index is 0. The number of allylic oxidation sites excluding steroid dienone is 6. The molecule has 0 bridgehead atoms. The van der Waals surface area contributed by atoms with Gasteiger partial charge in [-0.1, -0.05) is 107 Å². The Bertz CT molecular complexity index is 1800. The van der Waals surface area contributed by atoms with Gasteiger partial charge in [-0.25, -0.2) is 12.1 Å². The number of aryl methyl sites for hydroxylation is 7. The number of rotatable bonds is 2. The van der Waals surface area contributed by atoms with Crippen LogP contribution in [-0.2, 0) is 71.8 Å². The molecule has 53 heavy (non-hydrogen) atoms. The van der Waals surface area contributed by atoms with Crippen LogP contribution in [0.4, 0.5) is 0 Å². The molecule has 0 amide bonds. The van der Waals surface area contributed by atoms with Gasteiger partial charge >= 0.3 is 0 Å². The summed E-state index contributed by atoms with van der Waals surface area (Å²) in [5.41, 5.74) is 14.5. The summed E-state index contributed by atoms with van der Waals surface area (Å²) in [5, 5.41) is 2.71. The molecule has 5 aromatic carbocycles. The van der Waals surface area contributed by atoms with Gasteiger partial charge in [-0.15, -0.1) is 33.8 Å². The van der Waals surface area contributed by atoms with E-state index in [1.54, 1.807) is 0 Å². The standard InChI is InChI=1S/C12H14.C12H12.C10H10.C8H10.C6H8.3CH4.2Y/c1-9-7-11-5-3-4-6-12(11)8-10(9)2;1-9-7-8-11-5-3-4-6-12(11)10(9)2;1-3-9(2)10-7-5-4-6-8-10;1-7-5-3-4-6-8(7)2;1-4-6(3)5-2;;;;;/h3,5,7-8H,4,6H2,1-2H3;3-8H,1-2H3;4-7H,1-2H3;3-6H,1-2H3;1,4H,2-3H3;3*1H4;;/q;;-2;;-2;;;;;. The molecule has 1 aliphatic carbocycles. The Morgan fingerprint density at radius 1 is 0.660 bits per heavy atom. The molecule has 280 valence electrons. The van der Waals surface area contributed by atoms with Crippen LogP contribution in [0.15, 0.2) is 115 Å². The summed E-state index contributed by atoms with van der Waals surface area (Å²) in [6.07, 6.45) is 14.4. The number of hydrogen-bond acceptors (Lipinski definition) is 0. The van der Waals surface area contributed by atoms with Crippen LogP contribution >= 0.6 is 0 Å². The SMILES string of the molecule is C.C.C.C[C-]=C(C)c1[c-]cccc1.Cc1cc2c(cc1C)CCC=C2.Cc1ccc2ccccc2c1C.Cc1ccccc1C.[CH-]=CC(C)=[C-]C.[Y].[Y]. The molecule has 0 aliphatic heterocycles. The molecule has 0 heterocycles. The van der Waals surface area contributed by atoms with E-state index < -0.39 is 0 Å². The average molecular weight is 857 g/mol. The second-order valence-electron chi connectivity index (χ2n) is 12.1. The fraction of sp³-hybridized carbons (Fsp3) is 0.294. The maximum Gasteiger partial charge on any atom is 0 e. The number of fused-ring (bicyclic) bond motifs is 2. The fourth-order valence-corrected chi connectivity index (χ4v) is 4.76. The molecular weight excluding hydrogens is 790 g/mol. The van der Waals surface area contributed by atoms with Crippen LogP contribution in [0.1, 0.15) is 106 Å². The maximum absolute atomic E-state index is 5.06. The summed E-state index contributed by atoms with van der Waals surface area (Å²) in [6, 6.07) is 36.9. The molecule has 1 aliphatic rings. The van der Waals surface area contributed by atoms with E-state index in [2.05, 4.69) is 145 Å². The molecular formula is C51H66Y2-4. The molecule has 0 nitrogen and oxygen atoms in total. The first-order valence-corrected chi connectivity index (χ1v) is 16.8. The molecule has 5 aromatic rings. The van der Waals surface area contributed by atoms with E-state index in [9.17, 15) is 0 Å². The van der Waals surface area contributed by atoms with E-state index in [0.717, 1.165) is 16.7 Å². The van der Waals surface area contributed by atoms with Crippen molar-refractivity contribution in [2.45, 2.75) is 104 Å². The van der Waals surface area contributed by atoms with Gasteiger partial charge < -0.3 is 41.5 Å². The molecule has 0 fully saturated rings. The summed E-state index contributed by atoms with van der Waals surface area (Å²) in [6.45, 7) is 25.7. The summed E-state index contributed by atoms with van der Waals surface area (Å²) in [5.74, 6) is 0. The molecule has 0 spiro atoms. The van der Waals surface area contributed by atoms with Crippen molar-refractivity contribution < 1.29 is 65.4 Å². The Morgan fingerprint density at radius 2 is 1.23 bits per heavy atom. The first kappa shape index (κ1) is 57.3. The Balaban J connectivity index is -0.000000282. The second-order valence-corrected chi connectivity index (χ2v) is 12.1. The van der Waals surface area contributed by atoms with Crippen LogP contribution < -0.4 is 0 Å². The van der Waals surface area contributed by atoms with Gasteiger partial charge in [0, 0.05) is 65.4 Å². The van der Waals surface area contributed by atoms with Crippen LogP contribution in [-0.4, -0.2) is 0 Å². The van der Waals surface area contributed by atoms with Crippen molar-refractivity contribution in [3.63, 3.8) is 0 Å². The van der Waals surface area contributed by atoms with Gasteiger partial charge in [-0.05, 0) is 110 Å². The summed E-state index contributed by atoms with van der Waals surface area (Å²) >= 11 is 0. The minimum atomic E-state index is 0. The number of hydrogen-bond donors (Lipinski definition) is 0. The zero-order valence-electron chi connectivity index (χ0n) is 32.1. The van der Waals surface area contributed by atoms with Crippen LogP contribution in [0.2, 0.25) is 0 Å². The van der Waals surface area contributed by atoms with Gasteiger partial charge in [-0.3, -0.25) is 0 Å². The Morgan fingerprint density at radius 3 is 1.74 bits per heavy atom. The monoisotopic (exact) mass is 856 g/mol. The van der Waals surface area contributed by atoms with E-state index in [-0.39, 0.29) is 87.7 Å². The van der Waals surface area contributed by atoms with Gasteiger partial charge in [0.2, 0.25) is 0 Å². The zero-order valence-corrected chi connectivity index (χ0v) is 37.8. The van der Waals surface area contributed by atoms with Crippen LogP contribution in [0.3, 0.4) is 0 Å². The molecule has 6 rings (SSSR count). The third kappa shape index (κ3) is 20.7. The Kier molecular flexibility index (Phi) is 34.4. The van der Waals surface area contributed by atoms with Crippen LogP contribution in [0, 0.1) is 66.3 Å². The first-order valence-electron chi connectivity index (χ1n) is 16.8. The molecule has 0 N–H and O–H groups in total. The minimum Gasteiger partial charge on any atom is -0.394 e. The van der Waals surface area contributed by atoms with E-state index in [0.29, 0.717) is 0 Å². The molecule has 0 saturated heterocycles.